The number of rotatable bonds is 5. The predicted molar refractivity (Wildman–Crippen MR) is 120 cm³/mol. The molecule has 10 heteroatoms. The fraction of sp³-hybridized carbons (Fsp3) is 0.0952. The monoisotopic (exact) mass is 453 g/mol. The van der Waals surface area contributed by atoms with Crippen molar-refractivity contribution in [1.82, 2.24) is 14.8 Å². The second-order valence-corrected chi connectivity index (χ2v) is 8.09. The number of nitrogens with zero attached hydrogens (tertiary/aromatic N) is 4. The Bertz CT molecular complexity index is 1300. The van der Waals surface area contributed by atoms with Crippen molar-refractivity contribution in [1.29, 1.82) is 0 Å². The predicted octanol–water partition coefficient (Wildman–Crippen LogP) is 5.43. The molecule has 31 heavy (non-hydrogen) atoms. The third-order valence-corrected chi connectivity index (χ3v) is 5.63. The standard InChI is InChI=1S/C21H16ClN5O3S/c1-12-3-5-14(6-4-12)17-11-31-21(23-17)26-19(9-13(2)25-26)24-20(28)15-7-8-16(22)18(10-15)27(29)30/h3-11H,1-2H3,(H,24,28). The van der Waals surface area contributed by atoms with Crippen molar-refractivity contribution in [2.45, 2.75) is 13.8 Å². The highest BCUT2D eigenvalue weighted by Gasteiger charge is 2.19. The maximum atomic E-state index is 12.7. The molecule has 0 spiro atoms. The van der Waals surface area contributed by atoms with Gasteiger partial charge in [-0.15, -0.1) is 11.3 Å². The van der Waals surface area contributed by atoms with Crippen LogP contribution in [0.2, 0.25) is 5.02 Å². The summed E-state index contributed by atoms with van der Waals surface area (Å²) >= 11 is 7.22. The first-order valence-corrected chi connectivity index (χ1v) is 10.4. The molecule has 1 amide bonds. The Morgan fingerprint density at radius 2 is 1.90 bits per heavy atom. The van der Waals surface area contributed by atoms with Crippen molar-refractivity contribution in [2.75, 3.05) is 5.32 Å². The van der Waals surface area contributed by atoms with Gasteiger partial charge in [-0.05, 0) is 26.0 Å². The minimum atomic E-state index is -0.629. The lowest BCUT2D eigenvalue weighted by molar-refractivity contribution is -0.384. The van der Waals surface area contributed by atoms with Crippen molar-refractivity contribution in [3.05, 3.63) is 85.9 Å². The lowest BCUT2D eigenvalue weighted by atomic mass is 10.1. The number of carbonyl (C=O) groups is 1. The minimum Gasteiger partial charge on any atom is -0.306 e. The highest BCUT2D eigenvalue weighted by molar-refractivity contribution is 7.12. The van der Waals surface area contributed by atoms with Gasteiger partial charge in [0, 0.05) is 28.6 Å². The van der Waals surface area contributed by atoms with E-state index in [1.54, 1.807) is 17.7 Å². The van der Waals surface area contributed by atoms with Crippen molar-refractivity contribution < 1.29 is 9.72 Å². The van der Waals surface area contributed by atoms with Crippen molar-refractivity contribution in [3.63, 3.8) is 0 Å². The number of aryl methyl sites for hydroxylation is 2. The molecule has 0 aliphatic carbocycles. The Kier molecular flexibility index (Phi) is 5.53. The van der Waals surface area contributed by atoms with Gasteiger partial charge in [0.2, 0.25) is 5.13 Å². The summed E-state index contributed by atoms with van der Waals surface area (Å²) in [6.45, 7) is 3.82. The van der Waals surface area contributed by atoms with Gasteiger partial charge in [-0.1, -0.05) is 41.4 Å². The molecular weight excluding hydrogens is 438 g/mol. The van der Waals surface area contributed by atoms with Crippen molar-refractivity contribution >= 4 is 40.4 Å². The summed E-state index contributed by atoms with van der Waals surface area (Å²) in [5, 5.41) is 20.8. The van der Waals surface area contributed by atoms with Gasteiger partial charge in [-0.25, -0.2) is 4.98 Å². The van der Waals surface area contributed by atoms with Gasteiger partial charge in [-0.3, -0.25) is 14.9 Å². The summed E-state index contributed by atoms with van der Waals surface area (Å²) in [5.41, 5.74) is 3.41. The van der Waals surface area contributed by atoms with E-state index in [1.165, 1.54) is 23.5 Å². The lowest BCUT2D eigenvalue weighted by Crippen LogP contribution is -2.15. The Labute approximate surface area is 186 Å². The molecule has 2 aromatic carbocycles. The molecule has 4 aromatic rings. The number of nitro groups is 1. The number of benzene rings is 2. The fourth-order valence-electron chi connectivity index (χ4n) is 2.94. The van der Waals surface area contributed by atoms with E-state index >= 15 is 0 Å². The molecule has 156 valence electrons. The molecule has 0 fully saturated rings. The van der Waals surface area contributed by atoms with Crippen molar-refractivity contribution in [2.24, 2.45) is 0 Å². The molecule has 0 unspecified atom stereocenters. The minimum absolute atomic E-state index is 0.0335. The Morgan fingerprint density at radius 1 is 1.16 bits per heavy atom. The quantitative estimate of drug-likeness (QED) is 0.320. The molecule has 1 N–H and O–H groups in total. The van der Waals surface area contributed by atoms with Crippen LogP contribution in [-0.4, -0.2) is 25.6 Å². The van der Waals surface area contributed by atoms with E-state index in [9.17, 15) is 14.9 Å². The average Bonchev–Trinajstić information content (AvgIpc) is 3.35. The maximum absolute atomic E-state index is 12.7. The molecule has 0 aliphatic rings. The van der Waals surface area contributed by atoms with Crippen LogP contribution in [-0.2, 0) is 0 Å². The summed E-state index contributed by atoms with van der Waals surface area (Å²) < 4.78 is 1.54. The molecule has 0 radical (unpaired) electrons. The summed E-state index contributed by atoms with van der Waals surface area (Å²) in [4.78, 5) is 27.8. The number of amides is 1. The van der Waals surface area contributed by atoms with Crippen LogP contribution in [0.4, 0.5) is 11.5 Å². The third-order valence-electron chi connectivity index (χ3n) is 4.50. The van der Waals surface area contributed by atoms with Gasteiger partial charge in [0.25, 0.3) is 11.6 Å². The number of halogens is 1. The van der Waals surface area contributed by atoms with E-state index in [0.29, 0.717) is 16.6 Å². The zero-order chi connectivity index (χ0) is 22.1. The lowest BCUT2D eigenvalue weighted by Gasteiger charge is -2.07. The van der Waals surface area contributed by atoms with Crippen LogP contribution in [0.25, 0.3) is 16.4 Å². The van der Waals surface area contributed by atoms with Gasteiger partial charge in [-0.2, -0.15) is 9.78 Å². The van der Waals surface area contributed by atoms with Gasteiger partial charge in [0.15, 0.2) is 0 Å². The molecule has 2 heterocycles. The number of nitro benzene ring substituents is 1. The van der Waals surface area contributed by atoms with Gasteiger partial charge >= 0.3 is 0 Å². The first kappa shape index (κ1) is 20.7. The maximum Gasteiger partial charge on any atom is 0.288 e. The average molecular weight is 454 g/mol. The Hall–Kier alpha value is -3.56. The summed E-state index contributed by atoms with van der Waals surface area (Å²) in [7, 11) is 0. The highest BCUT2D eigenvalue weighted by Crippen LogP contribution is 2.28. The summed E-state index contributed by atoms with van der Waals surface area (Å²) in [6.07, 6.45) is 0. The third kappa shape index (κ3) is 4.32. The molecule has 8 nitrogen and oxygen atoms in total. The number of carbonyl (C=O) groups excluding carboxylic acids is 1. The highest BCUT2D eigenvalue weighted by atomic mass is 35.5. The second kappa shape index (κ2) is 8.29. The normalized spacial score (nSPS) is 10.8. The van der Waals surface area contributed by atoms with Gasteiger partial charge < -0.3 is 5.32 Å². The van der Waals surface area contributed by atoms with Crippen LogP contribution in [0.1, 0.15) is 21.6 Å². The molecule has 0 bridgehead atoms. The molecule has 0 atom stereocenters. The van der Waals surface area contributed by atoms with Crippen LogP contribution in [0.5, 0.6) is 0 Å². The SMILES string of the molecule is Cc1ccc(-c2csc(-n3nc(C)cc3NC(=O)c3ccc(Cl)c([N+](=O)[O-])c3)n2)cc1. The molecule has 0 saturated heterocycles. The van der Waals surface area contributed by atoms with E-state index < -0.39 is 10.8 Å². The Morgan fingerprint density at radius 3 is 2.61 bits per heavy atom. The number of hydrogen-bond acceptors (Lipinski definition) is 6. The topological polar surface area (TPSA) is 103 Å². The van der Waals surface area contributed by atoms with Crippen LogP contribution in [0, 0.1) is 24.0 Å². The van der Waals surface area contributed by atoms with E-state index in [2.05, 4.69) is 15.4 Å². The van der Waals surface area contributed by atoms with Crippen LogP contribution < -0.4 is 5.32 Å². The first-order valence-electron chi connectivity index (χ1n) is 9.17. The zero-order valence-corrected chi connectivity index (χ0v) is 18.1. The van der Waals surface area contributed by atoms with E-state index in [4.69, 9.17) is 11.6 Å². The molecule has 0 saturated carbocycles. The molecule has 2 aromatic heterocycles. The van der Waals surface area contributed by atoms with E-state index in [1.807, 2.05) is 36.6 Å². The zero-order valence-electron chi connectivity index (χ0n) is 16.5. The second-order valence-electron chi connectivity index (χ2n) is 6.84. The van der Waals surface area contributed by atoms with Gasteiger partial charge in [0.1, 0.15) is 10.8 Å². The first-order chi connectivity index (χ1) is 14.8. The van der Waals surface area contributed by atoms with Crippen LogP contribution in [0.3, 0.4) is 0 Å². The Balaban J connectivity index is 1.63. The van der Waals surface area contributed by atoms with Crippen molar-refractivity contribution in [3.8, 4) is 16.4 Å². The number of anilines is 1. The summed E-state index contributed by atoms with van der Waals surface area (Å²) in [5.74, 6) is -0.110. The molecule has 0 aliphatic heterocycles. The largest absolute Gasteiger partial charge is 0.306 e. The number of hydrogen-bond donors (Lipinski definition) is 1. The van der Waals surface area contributed by atoms with Crippen LogP contribution in [0.15, 0.2) is 53.9 Å². The van der Waals surface area contributed by atoms with E-state index in [-0.39, 0.29) is 16.3 Å². The smallest absolute Gasteiger partial charge is 0.288 e. The fourth-order valence-corrected chi connectivity index (χ4v) is 3.92. The number of nitrogens with one attached hydrogen (secondary N) is 1. The number of thiazole rings is 1. The number of aromatic nitrogens is 3. The summed E-state index contributed by atoms with van der Waals surface area (Å²) in [6, 6.07) is 13.6. The molecule has 4 rings (SSSR count). The van der Waals surface area contributed by atoms with Crippen LogP contribution >= 0.6 is 22.9 Å². The van der Waals surface area contributed by atoms with E-state index in [0.717, 1.165) is 22.9 Å². The molecular formula is C21H16ClN5O3S. The van der Waals surface area contributed by atoms with Gasteiger partial charge in [0.05, 0.1) is 16.3 Å².